The Labute approximate surface area is 156 Å². The molecule has 0 fully saturated rings. The molecule has 0 spiro atoms. The zero-order valence-corrected chi connectivity index (χ0v) is 15.2. The van der Waals surface area contributed by atoms with Gasteiger partial charge in [-0.2, -0.15) is 0 Å². The van der Waals surface area contributed by atoms with Crippen molar-refractivity contribution in [2.24, 2.45) is 0 Å². The van der Waals surface area contributed by atoms with Crippen LogP contribution in [0.1, 0.15) is 27.4 Å². The summed E-state index contributed by atoms with van der Waals surface area (Å²) in [6.45, 7) is 2.73. The van der Waals surface area contributed by atoms with Crippen LogP contribution >= 0.6 is 23.2 Å². The van der Waals surface area contributed by atoms with E-state index in [1.54, 1.807) is 23.1 Å². The zero-order valence-electron chi connectivity index (χ0n) is 13.7. The minimum Gasteiger partial charge on any atom is -0.464 e. The van der Waals surface area contributed by atoms with Crippen molar-refractivity contribution in [2.75, 3.05) is 0 Å². The zero-order chi connectivity index (χ0) is 17.8. The van der Waals surface area contributed by atoms with E-state index in [-0.39, 0.29) is 5.91 Å². The molecule has 128 valence electrons. The fourth-order valence-corrected chi connectivity index (χ4v) is 2.87. The van der Waals surface area contributed by atoms with Crippen molar-refractivity contribution in [2.45, 2.75) is 20.0 Å². The van der Waals surface area contributed by atoms with Crippen LogP contribution in [0.25, 0.3) is 0 Å². The number of hydrogen-bond donors (Lipinski definition) is 0. The van der Waals surface area contributed by atoms with Gasteiger partial charge >= 0.3 is 0 Å². The Morgan fingerprint density at radius 2 is 1.72 bits per heavy atom. The first-order valence-corrected chi connectivity index (χ1v) is 8.62. The van der Waals surface area contributed by atoms with Gasteiger partial charge in [-0.15, -0.1) is 0 Å². The molecule has 3 nitrogen and oxygen atoms in total. The summed E-state index contributed by atoms with van der Waals surface area (Å²) < 4.78 is 5.64. The van der Waals surface area contributed by atoms with Crippen LogP contribution in [0.15, 0.2) is 65.1 Å². The smallest absolute Gasteiger partial charge is 0.254 e. The molecule has 3 aromatic rings. The van der Waals surface area contributed by atoms with Crippen molar-refractivity contribution in [3.05, 3.63) is 93.4 Å². The average Bonchev–Trinajstić information content (AvgIpc) is 3.02. The molecule has 1 heterocycles. The van der Waals surface area contributed by atoms with Crippen molar-refractivity contribution >= 4 is 29.1 Å². The second-order valence-corrected chi connectivity index (χ2v) is 6.60. The van der Waals surface area contributed by atoms with E-state index < -0.39 is 0 Å². The summed E-state index contributed by atoms with van der Waals surface area (Å²) in [5.41, 5.74) is 1.53. The summed E-state index contributed by atoms with van der Waals surface area (Å²) in [5.74, 6) is 1.43. The fourth-order valence-electron chi connectivity index (χ4n) is 2.57. The minimum absolute atomic E-state index is 0.128. The first kappa shape index (κ1) is 17.6. The van der Waals surface area contributed by atoms with E-state index in [1.165, 1.54) is 0 Å². The number of carbonyl (C=O) groups is 1. The summed E-state index contributed by atoms with van der Waals surface area (Å²) in [5, 5.41) is 0.788. The Kier molecular flexibility index (Phi) is 5.47. The number of hydrogen-bond acceptors (Lipinski definition) is 2. The van der Waals surface area contributed by atoms with Gasteiger partial charge in [0.1, 0.15) is 11.5 Å². The van der Waals surface area contributed by atoms with Gasteiger partial charge in [-0.3, -0.25) is 4.79 Å². The van der Waals surface area contributed by atoms with Gasteiger partial charge in [0.25, 0.3) is 5.91 Å². The molecule has 5 heteroatoms. The van der Waals surface area contributed by atoms with Crippen LogP contribution in [-0.2, 0) is 13.1 Å². The number of benzene rings is 2. The fraction of sp³-hybridized carbons (Fsp3) is 0.150. The van der Waals surface area contributed by atoms with Crippen molar-refractivity contribution in [3.63, 3.8) is 0 Å². The molecule has 0 radical (unpaired) electrons. The molecular formula is C20H17Cl2NO2. The highest BCUT2D eigenvalue weighted by Crippen LogP contribution is 2.24. The van der Waals surface area contributed by atoms with Gasteiger partial charge in [0.15, 0.2) is 0 Å². The Balaban J connectivity index is 1.88. The third-order valence-electron chi connectivity index (χ3n) is 3.81. The third kappa shape index (κ3) is 4.44. The lowest BCUT2D eigenvalue weighted by atomic mass is 10.1. The highest BCUT2D eigenvalue weighted by atomic mass is 35.5. The largest absolute Gasteiger partial charge is 0.464 e. The quantitative estimate of drug-likeness (QED) is 0.571. The number of amides is 1. The van der Waals surface area contributed by atoms with Crippen LogP contribution in [0.3, 0.4) is 0 Å². The molecule has 0 aliphatic rings. The first-order valence-electron chi connectivity index (χ1n) is 7.86. The average molecular weight is 374 g/mol. The second-order valence-electron chi connectivity index (χ2n) is 5.79. The summed E-state index contributed by atoms with van der Waals surface area (Å²) in [6.07, 6.45) is 0. The van der Waals surface area contributed by atoms with Crippen LogP contribution in [0, 0.1) is 6.92 Å². The molecule has 0 bridgehead atoms. The summed E-state index contributed by atoms with van der Waals surface area (Å²) in [4.78, 5) is 14.7. The van der Waals surface area contributed by atoms with E-state index in [9.17, 15) is 4.79 Å². The van der Waals surface area contributed by atoms with Gasteiger partial charge in [0.2, 0.25) is 0 Å². The Bertz CT molecular complexity index is 874. The molecule has 1 aromatic heterocycles. The van der Waals surface area contributed by atoms with E-state index in [4.69, 9.17) is 27.6 Å². The Morgan fingerprint density at radius 1 is 0.960 bits per heavy atom. The van der Waals surface area contributed by atoms with Gasteiger partial charge < -0.3 is 9.32 Å². The first-order chi connectivity index (χ1) is 12.0. The highest BCUT2D eigenvalue weighted by molar-refractivity contribution is 6.42. The second kappa shape index (κ2) is 7.77. The van der Waals surface area contributed by atoms with Crippen LogP contribution in [0.5, 0.6) is 0 Å². The molecule has 0 saturated heterocycles. The maximum Gasteiger partial charge on any atom is 0.254 e. The Hall–Kier alpha value is -2.23. The predicted octanol–water partition coefficient (Wildman–Crippen LogP) is 5.74. The Morgan fingerprint density at radius 3 is 2.36 bits per heavy atom. The molecule has 3 rings (SSSR count). The highest BCUT2D eigenvalue weighted by Gasteiger charge is 2.19. The van der Waals surface area contributed by atoms with E-state index in [1.807, 2.05) is 49.4 Å². The lowest BCUT2D eigenvalue weighted by Crippen LogP contribution is -2.30. The van der Waals surface area contributed by atoms with Crippen LogP contribution in [0.2, 0.25) is 10.0 Å². The van der Waals surface area contributed by atoms with Crippen molar-refractivity contribution in [3.8, 4) is 0 Å². The van der Waals surface area contributed by atoms with E-state index in [2.05, 4.69) is 0 Å². The van der Waals surface area contributed by atoms with Gasteiger partial charge in [0.05, 0.1) is 16.6 Å². The van der Waals surface area contributed by atoms with Gasteiger partial charge in [-0.05, 0) is 42.8 Å². The summed E-state index contributed by atoms with van der Waals surface area (Å²) >= 11 is 12.0. The van der Waals surface area contributed by atoms with Gasteiger partial charge in [-0.25, -0.2) is 0 Å². The number of nitrogens with zero attached hydrogens (tertiary/aromatic N) is 1. The molecular weight excluding hydrogens is 357 g/mol. The minimum atomic E-state index is -0.128. The van der Waals surface area contributed by atoms with Crippen molar-refractivity contribution < 1.29 is 9.21 Å². The molecule has 0 N–H and O–H groups in total. The topological polar surface area (TPSA) is 33.5 Å². The SMILES string of the molecule is Cc1ccc(CN(Cc2ccccc2)C(=O)c2ccc(Cl)c(Cl)c2)o1. The molecule has 0 aliphatic heterocycles. The molecule has 0 atom stereocenters. The van der Waals surface area contributed by atoms with Crippen molar-refractivity contribution in [1.82, 2.24) is 4.90 Å². The van der Waals surface area contributed by atoms with E-state index in [0.29, 0.717) is 28.7 Å². The lowest BCUT2D eigenvalue weighted by Gasteiger charge is -2.22. The monoisotopic (exact) mass is 373 g/mol. The number of rotatable bonds is 5. The number of furan rings is 1. The number of carbonyl (C=O) groups excluding carboxylic acids is 1. The molecule has 0 saturated carbocycles. The maximum absolute atomic E-state index is 13.0. The standard InChI is InChI=1S/C20H17Cl2NO2/c1-14-7-9-17(25-14)13-23(12-15-5-3-2-4-6-15)20(24)16-8-10-18(21)19(22)11-16/h2-11H,12-13H2,1H3. The molecule has 25 heavy (non-hydrogen) atoms. The van der Waals surface area contributed by atoms with Crippen LogP contribution in [0.4, 0.5) is 0 Å². The van der Waals surface area contributed by atoms with Gasteiger partial charge in [0, 0.05) is 12.1 Å². The van der Waals surface area contributed by atoms with Crippen molar-refractivity contribution in [1.29, 1.82) is 0 Å². The normalized spacial score (nSPS) is 10.7. The molecule has 0 aliphatic carbocycles. The van der Waals surface area contributed by atoms with Crippen LogP contribution < -0.4 is 0 Å². The van der Waals surface area contributed by atoms with Crippen LogP contribution in [-0.4, -0.2) is 10.8 Å². The molecule has 1 amide bonds. The lowest BCUT2D eigenvalue weighted by molar-refractivity contribution is 0.0717. The predicted molar refractivity (Wildman–Crippen MR) is 99.9 cm³/mol. The number of halogens is 2. The molecule has 0 unspecified atom stereocenters. The van der Waals surface area contributed by atoms with E-state index >= 15 is 0 Å². The maximum atomic E-state index is 13.0. The number of aryl methyl sites for hydroxylation is 1. The van der Waals surface area contributed by atoms with Gasteiger partial charge in [-0.1, -0.05) is 53.5 Å². The summed E-state index contributed by atoms with van der Waals surface area (Å²) in [7, 11) is 0. The molecule has 2 aromatic carbocycles. The third-order valence-corrected chi connectivity index (χ3v) is 4.55. The van der Waals surface area contributed by atoms with E-state index in [0.717, 1.165) is 17.1 Å². The summed E-state index contributed by atoms with van der Waals surface area (Å²) in [6, 6.07) is 18.5.